The second-order valence-corrected chi connectivity index (χ2v) is 9.35. The van der Waals surface area contributed by atoms with Gasteiger partial charge in [-0.1, -0.05) is 25.0 Å². The molecule has 8 heteroatoms. The minimum Gasteiger partial charge on any atom is -0.493 e. The Morgan fingerprint density at radius 3 is 2.32 bits per heavy atom. The van der Waals surface area contributed by atoms with Gasteiger partial charge < -0.3 is 9.47 Å². The number of carbonyl (C=O) groups is 1. The van der Waals surface area contributed by atoms with Crippen LogP contribution in [0.5, 0.6) is 11.5 Å². The van der Waals surface area contributed by atoms with Gasteiger partial charge in [0.05, 0.1) is 23.6 Å². The van der Waals surface area contributed by atoms with Crippen LogP contribution in [0, 0.1) is 11.3 Å². The molecule has 31 heavy (non-hydrogen) atoms. The Hall–Kier alpha value is -2.89. The third kappa shape index (κ3) is 5.84. The van der Waals surface area contributed by atoms with Crippen molar-refractivity contribution in [3.8, 4) is 17.6 Å². The predicted molar refractivity (Wildman–Crippen MR) is 115 cm³/mol. The lowest BCUT2D eigenvalue weighted by Crippen LogP contribution is -2.31. The minimum atomic E-state index is -3.48. The van der Waals surface area contributed by atoms with E-state index in [1.165, 1.54) is 19.2 Å². The first-order chi connectivity index (χ1) is 14.9. The summed E-state index contributed by atoms with van der Waals surface area (Å²) in [5.74, 6) is 0.130. The summed E-state index contributed by atoms with van der Waals surface area (Å²) in [7, 11) is -2.04. The van der Waals surface area contributed by atoms with Gasteiger partial charge in [0.25, 0.3) is 0 Å². The number of ether oxygens (including phenoxy) is 2. The maximum Gasteiger partial charge on any atom is 0.311 e. The van der Waals surface area contributed by atoms with E-state index in [9.17, 15) is 13.2 Å². The molecule has 0 saturated carbocycles. The molecule has 164 valence electrons. The summed E-state index contributed by atoms with van der Waals surface area (Å²) < 4.78 is 37.8. The highest BCUT2D eigenvalue weighted by Gasteiger charge is 2.25. The number of nitriles is 1. The van der Waals surface area contributed by atoms with Gasteiger partial charge in [-0.15, -0.1) is 0 Å². The van der Waals surface area contributed by atoms with Crippen molar-refractivity contribution >= 4 is 16.0 Å². The molecule has 1 aliphatic rings. The van der Waals surface area contributed by atoms with E-state index in [-0.39, 0.29) is 17.1 Å². The Balaban J connectivity index is 1.59. The van der Waals surface area contributed by atoms with Gasteiger partial charge in [-0.05, 0) is 49.1 Å². The van der Waals surface area contributed by atoms with Crippen LogP contribution >= 0.6 is 0 Å². The third-order valence-electron chi connectivity index (χ3n) is 5.26. The summed E-state index contributed by atoms with van der Waals surface area (Å²) in [6, 6.07) is 13.3. The lowest BCUT2D eigenvalue weighted by Gasteiger charge is -2.20. The zero-order chi connectivity index (χ0) is 22.3. The van der Waals surface area contributed by atoms with E-state index in [4.69, 9.17) is 14.7 Å². The van der Waals surface area contributed by atoms with Gasteiger partial charge in [-0.3, -0.25) is 4.79 Å². The largest absolute Gasteiger partial charge is 0.493 e. The van der Waals surface area contributed by atoms with Crippen LogP contribution in [0.1, 0.15) is 43.2 Å². The first-order valence-electron chi connectivity index (χ1n) is 10.3. The first-order valence-corrected chi connectivity index (χ1v) is 11.8. The number of carbonyl (C=O) groups excluding carboxylic acids is 1. The quantitative estimate of drug-likeness (QED) is 0.479. The molecule has 1 saturated heterocycles. The van der Waals surface area contributed by atoms with E-state index in [2.05, 4.69) is 0 Å². The van der Waals surface area contributed by atoms with Crippen molar-refractivity contribution in [3.63, 3.8) is 0 Å². The molecule has 0 bridgehead atoms. The molecular weight excluding hydrogens is 416 g/mol. The molecule has 0 aromatic heterocycles. The molecule has 2 aromatic carbocycles. The van der Waals surface area contributed by atoms with Gasteiger partial charge in [0.2, 0.25) is 10.0 Å². The van der Waals surface area contributed by atoms with Crippen molar-refractivity contribution in [2.24, 2.45) is 0 Å². The number of methoxy groups -OCH3 is 1. The van der Waals surface area contributed by atoms with Gasteiger partial charge >= 0.3 is 5.97 Å². The monoisotopic (exact) mass is 442 g/mol. The summed E-state index contributed by atoms with van der Waals surface area (Å²) in [4.78, 5) is 12.5. The van der Waals surface area contributed by atoms with Crippen LogP contribution in [-0.4, -0.2) is 38.9 Å². The normalized spacial score (nSPS) is 15.0. The smallest absolute Gasteiger partial charge is 0.311 e. The number of hydrogen-bond donors (Lipinski definition) is 0. The van der Waals surface area contributed by atoms with Gasteiger partial charge in [0.1, 0.15) is 0 Å². The fraction of sp³-hybridized carbons (Fsp3) is 0.391. The predicted octanol–water partition coefficient (Wildman–Crippen LogP) is 3.67. The van der Waals surface area contributed by atoms with Crippen molar-refractivity contribution in [1.82, 2.24) is 4.31 Å². The fourth-order valence-corrected chi connectivity index (χ4v) is 5.02. The van der Waals surface area contributed by atoms with Crippen molar-refractivity contribution < 1.29 is 22.7 Å². The second-order valence-electron chi connectivity index (χ2n) is 7.41. The van der Waals surface area contributed by atoms with Crippen LogP contribution < -0.4 is 9.47 Å². The molecular formula is C23H26N2O5S. The van der Waals surface area contributed by atoms with Crippen LogP contribution in [0.2, 0.25) is 0 Å². The maximum atomic E-state index is 12.8. The van der Waals surface area contributed by atoms with E-state index < -0.39 is 16.0 Å². The van der Waals surface area contributed by atoms with Crippen molar-refractivity contribution in [1.29, 1.82) is 5.26 Å². The lowest BCUT2D eigenvalue weighted by molar-refractivity contribution is -0.134. The van der Waals surface area contributed by atoms with E-state index >= 15 is 0 Å². The summed E-state index contributed by atoms with van der Waals surface area (Å²) in [5, 5.41) is 8.94. The Labute approximate surface area is 183 Å². The molecule has 7 nitrogen and oxygen atoms in total. The van der Waals surface area contributed by atoms with Gasteiger partial charge in [-0.25, -0.2) is 8.42 Å². The number of rotatable bonds is 7. The number of nitrogens with zero attached hydrogens (tertiary/aromatic N) is 2. The molecule has 0 N–H and O–H groups in total. The summed E-state index contributed by atoms with van der Waals surface area (Å²) in [5.41, 5.74) is 1.26. The van der Waals surface area contributed by atoms with Crippen molar-refractivity contribution in [2.75, 3.05) is 20.2 Å². The Morgan fingerprint density at radius 1 is 1.03 bits per heavy atom. The highest BCUT2D eigenvalue weighted by atomic mass is 32.2. The second kappa shape index (κ2) is 10.4. The molecule has 0 atom stereocenters. The van der Waals surface area contributed by atoms with E-state index in [0.717, 1.165) is 31.2 Å². The molecule has 1 heterocycles. The molecule has 2 aromatic rings. The first kappa shape index (κ1) is 22.8. The van der Waals surface area contributed by atoms with E-state index in [0.29, 0.717) is 30.8 Å². The average molecular weight is 443 g/mol. The molecule has 1 fully saturated rings. The zero-order valence-electron chi connectivity index (χ0n) is 17.5. The van der Waals surface area contributed by atoms with Crippen LogP contribution in [-0.2, 0) is 21.2 Å². The fourth-order valence-electron chi connectivity index (χ4n) is 3.50. The molecule has 0 amide bonds. The van der Waals surface area contributed by atoms with Crippen molar-refractivity contribution in [2.45, 2.75) is 43.4 Å². The molecule has 0 spiro atoms. The maximum absolute atomic E-state index is 12.8. The minimum absolute atomic E-state index is 0.126. The van der Waals surface area contributed by atoms with E-state index in [1.807, 2.05) is 6.07 Å². The lowest BCUT2D eigenvalue weighted by atomic mass is 10.1. The molecule has 0 aliphatic carbocycles. The number of sulfonamides is 1. The molecule has 0 unspecified atom stereocenters. The number of hydrogen-bond acceptors (Lipinski definition) is 6. The molecule has 3 rings (SSSR count). The summed E-state index contributed by atoms with van der Waals surface area (Å²) >= 11 is 0. The molecule has 1 aliphatic heterocycles. The standard InChI is InChI=1S/C23H26N2O5S/c1-29-22-16-19(17-24)8-12-21(22)30-23(26)13-9-18-6-10-20(11-7-18)31(27,28)25-14-4-2-3-5-15-25/h6-8,10-12,16H,2-5,9,13-15H2,1H3. The SMILES string of the molecule is COc1cc(C#N)ccc1OC(=O)CCc1ccc(S(=O)(=O)N2CCCCCC2)cc1. The van der Waals surface area contributed by atoms with Crippen LogP contribution in [0.4, 0.5) is 0 Å². The van der Waals surface area contributed by atoms with Crippen LogP contribution in [0.15, 0.2) is 47.4 Å². The van der Waals surface area contributed by atoms with Gasteiger partial charge in [0, 0.05) is 25.6 Å². The number of benzene rings is 2. The van der Waals surface area contributed by atoms with Crippen molar-refractivity contribution in [3.05, 3.63) is 53.6 Å². The Kier molecular flexibility index (Phi) is 7.66. The zero-order valence-corrected chi connectivity index (χ0v) is 18.4. The van der Waals surface area contributed by atoms with Gasteiger partial charge in [-0.2, -0.15) is 9.57 Å². The number of esters is 1. The Morgan fingerprint density at radius 2 is 1.71 bits per heavy atom. The van der Waals surface area contributed by atoms with Gasteiger partial charge in [0.15, 0.2) is 11.5 Å². The van der Waals surface area contributed by atoms with E-state index in [1.54, 1.807) is 34.6 Å². The Bertz CT molecular complexity index is 1050. The average Bonchev–Trinajstić information content (AvgIpc) is 3.08. The van der Waals surface area contributed by atoms with Crippen LogP contribution in [0.3, 0.4) is 0 Å². The topological polar surface area (TPSA) is 96.7 Å². The number of aryl methyl sites for hydroxylation is 1. The van der Waals surface area contributed by atoms with Crippen LogP contribution in [0.25, 0.3) is 0 Å². The molecule has 0 radical (unpaired) electrons. The summed E-state index contributed by atoms with van der Waals surface area (Å²) in [6.45, 7) is 1.13. The highest BCUT2D eigenvalue weighted by Crippen LogP contribution is 2.28. The summed E-state index contributed by atoms with van der Waals surface area (Å²) in [6.07, 6.45) is 4.46. The highest BCUT2D eigenvalue weighted by molar-refractivity contribution is 7.89. The third-order valence-corrected chi connectivity index (χ3v) is 7.17.